The van der Waals surface area contributed by atoms with Gasteiger partial charge in [-0.05, 0) is 36.2 Å². The van der Waals surface area contributed by atoms with Crippen LogP contribution in [-0.4, -0.2) is 59.5 Å². The zero-order valence-electron chi connectivity index (χ0n) is 18.6. The van der Waals surface area contributed by atoms with Crippen molar-refractivity contribution in [2.45, 2.75) is 24.8 Å². The number of H-pyrrole nitrogens is 1. The Kier molecular flexibility index (Phi) is 6.83. The summed E-state index contributed by atoms with van der Waals surface area (Å²) in [6.45, 7) is 1.92. The average molecular weight is 498 g/mol. The molecule has 188 valence electrons. The van der Waals surface area contributed by atoms with Gasteiger partial charge in [-0.15, -0.1) is 0 Å². The van der Waals surface area contributed by atoms with Gasteiger partial charge in [-0.2, -0.15) is 26.3 Å². The summed E-state index contributed by atoms with van der Waals surface area (Å²) in [6, 6.07) is 8.09. The third kappa shape index (κ3) is 5.46. The zero-order chi connectivity index (χ0) is 25.4. The minimum atomic E-state index is -5.03. The maximum atomic E-state index is 13.4. The molecule has 4 rings (SSSR count). The molecular weight excluding hydrogens is 474 g/mol. The van der Waals surface area contributed by atoms with Crippen molar-refractivity contribution in [3.8, 4) is 0 Å². The lowest BCUT2D eigenvalue weighted by molar-refractivity contribution is -0.143. The molecule has 0 spiro atoms. The van der Waals surface area contributed by atoms with E-state index in [0.717, 1.165) is 16.5 Å². The van der Waals surface area contributed by atoms with Crippen LogP contribution in [0.5, 0.6) is 0 Å². The highest BCUT2D eigenvalue weighted by atomic mass is 19.4. The molecule has 1 aliphatic heterocycles. The number of alkyl halides is 6. The van der Waals surface area contributed by atoms with Crippen LogP contribution >= 0.6 is 0 Å². The standard InChI is InChI=1S/C24H24F6N4O/c25-23(26,27)17-9-15(10-18(12-17)24(28,29)30)22(35)34-8-7-33(6-5-31)14-19(34)11-16-13-32-21-4-2-1-3-20(16)21/h1-4,9-10,12-13,19,32H,5-8,11,14,31H2/t19-/m1/s1. The monoisotopic (exact) mass is 498 g/mol. The topological polar surface area (TPSA) is 65.4 Å². The van der Waals surface area contributed by atoms with Gasteiger partial charge in [0.1, 0.15) is 0 Å². The van der Waals surface area contributed by atoms with Gasteiger partial charge < -0.3 is 15.6 Å². The van der Waals surface area contributed by atoms with E-state index >= 15 is 0 Å². The maximum Gasteiger partial charge on any atom is 0.416 e. The van der Waals surface area contributed by atoms with Crippen LogP contribution in [0.25, 0.3) is 10.9 Å². The molecule has 0 bridgehead atoms. The first-order valence-electron chi connectivity index (χ1n) is 11.0. The van der Waals surface area contributed by atoms with Crippen LogP contribution in [0.1, 0.15) is 27.0 Å². The summed E-state index contributed by atoms with van der Waals surface area (Å²) in [6.07, 6.45) is -7.87. The van der Waals surface area contributed by atoms with Crippen LogP contribution in [0.4, 0.5) is 26.3 Å². The highest BCUT2D eigenvalue weighted by Crippen LogP contribution is 2.37. The van der Waals surface area contributed by atoms with E-state index < -0.39 is 41.0 Å². The number of halogens is 6. The van der Waals surface area contributed by atoms with E-state index in [2.05, 4.69) is 4.98 Å². The van der Waals surface area contributed by atoms with Gasteiger partial charge in [0.2, 0.25) is 0 Å². The SMILES string of the molecule is NCCN1CCN(C(=O)c2cc(C(F)(F)F)cc(C(F)(F)F)c2)[C@H](Cc2c[nH]c3ccccc23)C1. The number of fused-ring (bicyclic) bond motifs is 1. The van der Waals surface area contributed by atoms with E-state index in [0.29, 0.717) is 44.7 Å². The van der Waals surface area contributed by atoms with Crippen molar-refractivity contribution in [3.05, 3.63) is 70.9 Å². The van der Waals surface area contributed by atoms with Crippen molar-refractivity contribution in [2.24, 2.45) is 5.73 Å². The van der Waals surface area contributed by atoms with Gasteiger partial charge in [-0.3, -0.25) is 9.69 Å². The number of amides is 1. The van der Waals surface area contributed by atoms with Gasteiger partial charge in [0, 0.05) is 61.4 Å². The maximum absolute atomic E-state index is 13.4. The smallest absolute Gasteiger partial charge is 0.361 e. The number of rotatable bonds is 5. The van der Waals surface area contributed by atoms with Gasteiger partial charge in [-0.1, -0.05) is 18.2 Å². The molecule has 3 N–H and O–H groups in total. The number of aromatic nitrogens is 1. The molecule has 3 aromatic rings. The predicted octanol–water partition coefficient (Wildman–Crippen LogP) is 4.53. The second kappa shape index (κ2) is 9.54. The minimum Gasteiger partial charge on any atom is -0.361 e. The summed E-state index contributed by atoms with van der Waals surface area (Å²) in [5, 5.41) is 0.939. The van der Waals surface area contributed by atoms with Gasteiger partial charge in [0.15, 0.2) is 0 Å². The Morgan fingerprint density at radius 3 is 2.29 bits per heavy atom. The molecule has 35 heavy (non-hydrogen) atoms. The highest BCUT2D eigenvalue weighted by Gasteiger charge is 2.39. The molecule has 2 heterocycles. The fraction of sp³-hybridized carbons (Fsp3) is 0.375. The Bertz CT molecular complexity index is 1170. The third-order valence-corrected chi connectivity index (χ3v) is 6.24. The van der Waals surface area contributed by atoms with Gasteiger partial charge in [0.25, 0.3) is 5.91 Å². The second-order valence-electron chi connectivity index (χ2n) is 8.60. The Morgan fingerprint density at radius 1 is 1.00 bits per heavy atom. The summed E-state index contributed by atoms with van der Waals surface area (Å²) in [7, 11) is 0. The summed E-state index contributed by atoms with van der Waals surface area (Å²) in [4.78, 5) is 19.9. The normalized spacial score (nSPS) is 17.8. The lowest BCUT2D eigenvalue weighted by Crippen LogP contribution is -2.56. The molecule has 5 nitrogen and oxygen atoms in total. The van der Waals surface area contributed by atoms with Crippen LogP contribution in [0.2, 0.25) is 0 Å². The fourth-order valence-corrected chi connectivity index (χ4v) is 4.55. The molecule has 1 atom stereocenters. The van der Waals surface area contributed by atoms with Crippen molar-refractivity contribution in [1.82, 2.24) is 14.8 Å². The molecule has 0 saturated carbocycles. The Labute approximate surface area is 197 Å². The van der Waals surface area contributed by atoms with Crippen LogP contribution in [0.3, 0.4) is 0 Å². The molecule has 1 amide bonds. The molecule has 0 unspecified atom stereocenters. The summed E-state index contributed by atoms with van der Waals surface area (Å²) >= 11 is 0. The van der Waals surface area contributed by atoms with Gasteiger partial charge in [0.05, 0.1) is 11.1 Å². The van der Waals surface area contributed by atoms with Crippen molar-refractivity contribution in [3.63, 3.8) is 0 Å². The second-order valence-corrected chi connectivity index (χ2v) is 8.60. The highest BCUT2D eigenvalue weighted by molar-refractivity contribution is 5.95. The number of piperazine rings is 1. The Morgan fingerprint density at radius 2 is 1.66 bits per heavy atom. The zero-order valence-corrected chi connectivity index (χ0v) is 18.6. The Balaban J connectivity index is 1.70. The van der Waals surface area contributed by atoms with E-state index in [-0.39, 0.29) is 12.6 Å². The molecule has 1 saturated heterocycles. The van der Waals surface area contributed by atoms with E-state index in [4.69, 9.17) is 5.73 Å². The van der Waals surface area contributed by atoms with E-state index in [1.54, 1.807) is 6.20 Å². The predicted molar refractivity (Wildman–Crippen MR) is 119 cm³/mol. The number of nitrogens with zero attached hydrogens (tertiary/aromatic N) is 2. The van der Waals surface area contributed by atoms with Crippen molar-refractivity contribution < 1.29 is 31.1 Å². The first-order chi connectivity index (χ1) is 16.5. The van der Waals surface area contributed by atoms with Crippen LogP contribution in [-0.2, 0) is 18.8 Å². The van der Waals surface area contributed by atoms with Gasteiger partial charge >= 0.3 is 12.4 Å². The first kappa shape index (κ1) is 25.1. The van der Waals surface area contributed by atoms with Crippen LogP contribution in [0, 0.1) is 0 Å². The summed E-state index contributed by atoms with van der Waals surface area (Å²) < 4.78 is 80.0. The summed E-state index contributed by atoms with van der Waals surface area (Å²) in [5.74, 6) is -0.862. The lowest BCUT2D eigenvalue weighted by Gasteiger charge is -2.41. The number of aromatic amines is 1. The third-order valence-electron chi connectivity index (χ3n) is 6.24. The number of nitrogens with two attached hydrogens (primary N) is 1. The van der Waals surface area contributed by atoms with Gasteiger partial charge in [-0.25, -0.2) is 0 Å². The quantitative estimate of drug-likeness (QED) is 0.508. The largest absolute Gasteiger partial charge is 0.416 e. The molecule has 1 fully saturated rings. The number of carbonyl (C=O) groups is 1. The number of hydrogen-bond acceptors (Lipinski definition) is 3. The fourth-order valence-electron chi connectivity index (χ4n) is 4.55. The number of benzene rings is 2. The molecule has 0 aliphatic carbocycles. The number of nitrogens with one attached hydrogen (secondary N) is 1. The molecule has 0 radical (unpaired) electrons. The van der Waals surface area contributed by atoms with E-state index in [9.17, 15) is 31.1 Å². The molecule has 1 aromatic heterocycles. The minimum absolute atomic E-state index is 0.0272. The summed E-state index contributed by atoms with van der Waals surface area (Å²) in [5.41, 5.74) is 3.81. The van der Waals surface area contributed by atoms with Crippen LogP contribution in [0.15, 0.2) is 48.7 Å². The molecular formula is C24H24F6N4O. The van der Waals surface area contributed by atoms with Crippen molar-refractivity contribution in [2.75, 3.05) is 32.7 Å². The van der Waals surface area contributed by atoms with Crippen LogP contribution < -0.4 is 5.73 Å². The molecule has 11 heteroatoms. The first-order valence-corrected chi connectivity index (χ1v) is 11.0. The average Bonchev–Trinajstić information content (AvgIpc) is 3.20. The van der Waals surface area contributed by atoms with E-state index in [1.165, 1.54) is 4.90 Å². The van der Waals surface area contributed by atoms with Crippen molar-refractivity contribution in [1.29, 1.82) is 0 Å². The van der Waals surface area contributed by atoms with E-state index in [1.807, 2.05) is 29.2 Å². The molecule has 2 aromatic carbocycles. The lowest BCUT2D eigenvalue weighted by atomic mass is 9.98. The molecule has 1 aliphatic rings. The number of carbonyl (C=O) groups excluding carboxylic acids is 1. The Hall–Kier alpha value is -3.05. The van der Waals surface area contributed by atoms with Crippen molar-refractivity contribution >= 4 is 16.8 Å². The number of para-hydroxylation sites is 1. The number of hydrogen-bond donors (Lipinski definition) is 2.